The number of alkyl halides is 1. The monoisotopic (exact) mass is 196 g/mol. The maximum Gasteiger partial charge on any atom is 0.228 e. The molecule has 1 aliphatic heterocycles. The van der Waals surface area contributed by atoms with Crippen LogP contribution in [0.5, 0.6) is 0 Å². The molecule has 0 aliphatic carbocycles. The predicted molar refractivity (Wildman–Crippen MR) is 50.8 cm³/mol. The second-order valence-electron chi connectivity index (χ2n) is 3.02. The van der Waals surface area contributed by atoms with Crippen LogP contribution in [0.4, 0.5) is 5.69 Å². The van der Waals surface area contributed by atoms with E-state index in [0.29, 0.717) is 13.0 Å². The maximum absolute atomic E-state index is 11.4. The van der Waals surface area contributed by atoms with Crippen molar-refractivity contribution in [2.75, 3.05) is 11.4 Å². The highest BCUT2D eigenvalue weighted by Crippen LogP contribution is 2.22. The Hall–Kier alpha value is -1.09. The fourth-order valence-corrected chi connectivity index (χ4v) is 1.70. The smallest absolute Gasteiger partial charge is 0.228 e. The van der Waals surface area contributed by atoms with Gasteiger partial charge in [0.15, 0.2) is 0 Å². The van der Waals surface area contributed by atoms with Gasteiger partial charge in [-0.2, -0.15) is 0 Å². The van der Waals surface area contributed by atoms with E-state index in [1.54, 1.807) is 17.3 Å². The highest BCUT2D eigenvalue weighted by Gasteiger charge is 2.28. The van der Waals surface area contributed by atoms with Gasteiger partial charge in [0.2, 0.25) is 5.91 Å². The minimum atomic E-state index is -0.0623. The summed E-state index contributed by atoms with van der Waals surface area (Å²) in [6.45, 7) is 0.589. The molecule has 0 saturated carbocycles. The molecule has 1 unspecified atom stereocenters. The molecule has 1 atom stereocenters. The topological polar surface area (TPSA) is 33.2 Å². The first-order valence-electron chi connectivity index (χ1n) is 4.12. The number of anilines is 1. The Morgan fingerprint density at radius 2 is 2.46 bits per heavy atom. The van der Waals surface area contributed by atoms with Gasteiger partial charge in [-0.3, -0.25) is 9.78 Å². The fourth-order valence-electron chi connectivity index (χ4n) is 1.43. The lowest BCUT2D eigenvalue weighted by Gasteiger charge is -2.14. The first-order valence-corrected chi connectivity index (χ1v) is 4.55. The zero-order valence-corrected chi connectivity index (χ0v) is 7.74. The first-order chi connectivity index (χ1) is 6.27. The third kappa shape index (κ3) is 1.65. The second kappa shape index (κ2) is 3.34. The molecule has 1 fully saturated rings. The van der Waals surface area contributed by atoms with Crippen molar-refractivity contribution in [3.63, 3.8) is 0 Å². The number of nitrogens with zero attached hydrogens (tertiary/aromatic N) is 2. The lowest BCUT2D eigenvalue weighted by atomic mass is 10.4. The van der Waals surface area contributed by atoms with Crippen molar-refractivity contribution in [1.29, 1.82) is 0 Å². The molecule has 4 heteroatoms. The average Bonchev–Trinajstić information content (AvgIpc) is 2.47. The molecule has 1 aromatic heterocycles. The van der Waals surface area contributed by atoms with Gasteiger partial charge in [0.05, 0.1) is 17.3 Å². The maximum atomic E-state index is 11.4. The van der Waals surface area contributed by atoms with Crippen molar-refractivity contribution in [2.24, 2.45) is 0 Å². The van der Waals surface area contributed by atoms with Gasteiger partial charge in [-0.05, 0) is 12.1 Å². The Morgan fingerprint density at radius 3 is 3.00 bits per heavy atom. The SMILES string of the molecule is O=C1CC(Cl)CN1c1cccnc1. The number of carbonyl (C=O) groups excluding carboxylic acids is 1. The molecule has 0 bridgehead atoms. The van der Waals surface area contributed by atoms with Crippen molar-refractivity contribution in [1.82, 2.24) is 4.98 Å². The highest BCUT2D eigenvalue weighted by atomic mass is 35.5. The molecule has 1 amide bonds. The van der Waals surface area contributed by atoms with E-state index in [9.17, 15) is 4.79 Å². The van der Waals surface area contributed by atoms with Crippen LogP contribution in [-0.2, 0) is 4.79 Å². The molecule has 3 nitrogen and oxygen atoms in total. The molecular formula is C9H9ClN2O. The Labute approximate surface area is 81.3 Å². The summed E-state index contributed by atoms with van der Waals surface area (Å²) < 4.78 is 0. The van der Waals surface area contributed by atoms with E-state index in [4.69, 9.17) is 11.6 Å². The molecule has 0 spiro atoms. The summed E-state index contributed by atoms with van der Waals surface area (Å²) in [5, 5.41) is -0.0623. The summed E-state index contributed by atoms with van der Waals surface area (Å²) in [6.07, 6.45) is 3.78. The quantitative estimate of drug-likeness (QED) is 0.637. The summed E-state index contributed by atoms with van der Waals surface area (Å²) >= 11 is 5.87. The number of carbonyl (C=O) groups is 1. The Kier molecular flexibility index (Phi) is 2.19. The molecular weight excluding hydrogens is 188 g/mol. The zero-order chi connectivity index (χ0) is 9.26. The fraction of sp³-hybridized carbons (Fsp3) is 0.333. The average molecular weight is 197 g/mol. The number of aromatic nitrogens is 1. The number of amides is 1. The summed E-state index contributed by atoms with van der Waals surface area (Å²) in [6, 6.07) is 3.67. The molecule has 0 N–H and O–H groups in total. The van der Waals surface area contributed by atoms with Crippen LogP contribution in [0, 0.1) is 0 Å². The third-order valence-electron chi connectivity index (χ3n) is 2.04. The second-order valence-corrected chi connectivity index (χ2v) is 3.63. The summed E-state index contributed by atoms with van der Waals surface area (Å²) in [5.41, 5.74) is 0.829. The van der Waals surface area contributed by atoms with E-state index >= 15 is 0 Å². The highest BCUT2D eigenvalue weighted by molar-refractivity contribution is 6.24. The van der Waals surface area contributed by atoms with E-state index in [-0.39, 0.29) is 11.3 Å². The van der Waals surface area contributed by atoms with Crippen molar-refractivity contribution < 1.29 is 4.79 Å². The van der Waals surface area contributed by atoms with Crippen LogP contribution in [0.1, 0.15) is 6.42 Å². The standard InChI is InChI=1S/C9H9ClN2O/c10-7-4-9(13)12(6-7)8-2-1-3-11-5-8/h1-3,5,7H,4,6H2. The third-order valence-corrected chi connectivity index (χ3v) is 2.33. The Morgan fingerprint density at radius 1 is 1.62 bits per heavy atom. The Bertz CT molecular complexity index is 315. The van der Waals surface area contributed by atoms with Gasteiger partial charge < -0.3 is 4.90 Å². The van der Waals surface area contributed by atoms with Gasteiger partial charge in [0.25, 0.3) is 0 Å². The molecule has 1 saturated heterocycles. The number of hydrogen-bond acceptors (Lipinski definition) is 2. The van der Waals surface area contributed by atoms with Gasteiger partial charge in [-0.15, -0.1) is 11.6 Å². The van der Waals surface area contributed by atoms with E-state index in [1.807, 2.05) is 12.1 Å². The van der Waals surface area contributed by atoms with E-state index in [2.05, 4.69) is 4.98 Å². The van der Waals surface area contributed by atoms with Gasteiger partial charge in [-0.25, -0.2) is 0 Å². The van der Waals surface area contributed by atoms with Crippen LogP contribution in [-0.4, -0.2) is 22.8 Å². The lowest BCUT2D eigenvalue weighted by molar-refractivity contribution is -0.117. The van der Waals surface area contributed by atoms with E-state index < -0.39 is 0 Å². The molecule has 2 rings (SSSR count). The number of rotatable bonds is 1. The summed E-state index contributed by atoms with van der Waals surface area (Å²) in [5.74, 6) is 0.0769. The molecule has 68 valence electrons. The minimum Gasteiger partial charge on any atom is -0.309 e. The van der Waals surface area contributed by atoms with E-state index in [0.717, 1.165) is 5.69 Å². The normalized spacial score (nSPS) is 22.4. The Balaban J connectivity index is 2.23. The molecule has 13 heavy (non-hydrogen) atoms. The summed E-state index contributed by atoms with van der Waals surface area (Å²) in [4.78, 5) is 17.0. The van der Waals surface area contributed by atoms with Crippen LogP contribution in [0.25, 0.3) is 0 Å². The van der Waals surface area contributed by atoms with Gasteiger partial charge in [0, 0.05) is 19.2 Å². The van der Waals surface area contributed by atoms with Crippen molar-refractivity contribution in [2.45, 2.75) is 11.8 Å². The molecule has 1 aromatic rings. The molecule has 1 aliphatic rings. The number of hydrogen-bond donors (Lipinski definition) is 0. The van der Waals surface area contributed by atoms with Gasteiger partial charge in [-0.1, -0.05) is 0 Å². The summed E-state index contributed by atoms with van der Waals surface area (Å²) in [7, 11) is 0. The van der Waals surface area contributed by atoms with Crippen LogP contribution in [0.15, 0.2) is 24.5 Å². The lowest BCUT2D eigenvalue weighted by Crippen LogP contribution is -2.24. The largest absolute Gasteiger partial charge is 0.309 e. The molecule has 2 heterocycles. The van der Waals surface area contributed by atoms with Gasteiger partial charge in [0.1, 0.15) is 0 Å². The van der Waals surface area contributed by atoms with Crippen molar-refractivity contribution in [3.8, 4) is 0 Å². The predicted octanol–water partition coefficient (Wildman–Crippen LogP) is 1.43. The zero-order valence-electron chi connectivity index (χ0n) is 6.98. The number of halogens is 1. The van der Waals surface area contributed by atoms with Crippen molar-refractivity contribution >= 4 is 23.2 Å². The van der Waals surface area contributed by atoms with Crippen molar-refractivity contribution in [3.05, 3.63) is 24.5 Å². The first kappa shape index (κ1) is 8.51. The van der Waals surface area contributed by atoms with Crippen LogP contribution in [0.2, 0.25) is 0 Å². The molecule has 0 radical (unpaired) electrons. The molecule has 0 aromatic carbocycles. The van der Waals surface area contributed by atoms with Gasteiger partial charge >= 0.3 is 0 Å². The van der Waals surface area contributed by atoms with Crippen LogP contribution in [0.3, 0.4) is 0 Å². The van der Waals surface area contributed by atoms with Crippen LogP contribution >= 0.6 is 11.6 Å². The van der Waals surface area contributed by atoms with Crippen LogP contribution < -0.4 is 4.90 Å². The van der Waals surface area contributed by atoms with E-state index in [1.165, 1.54) is 0 Å². The minimum absolute atomic E-state index is 0.0623. The number of pyridine rings is 1.